The van der Waals surface area contributed by atoms with Crippen molar-refractivity contribution in [3.8, 4) is 0 Å². The summed E-state index contributed by atoms with van der Waals surface area (Å²) in [6.07, 6.45) is -3.16. The third kappa shape index (κ3) is 3.00. The van der Waals surface area contributed by atoms with Gasteiger partial charge in [0, 0.05) is 0 Å². The summed E-state index contributed by atoms with van der Waals surface area (Å²) in [7, 11) is 0. The molecule has 1 atom stereocenters. The minimum atomic E-state index is -4.67. The molecule has 130 valence electrons. The van der Waals surface area contributed by atoms with Crippen molar-refractivity contribution in [2.24, 2.45) is 0 Å². The second-order valence-electron chi connectivity index (χ2n) is 5.38. The molecule has 2 aromatic carbocycles. The number of benzene rings is 2. The van der Waals surface area contributed by atoms with Crippen LogP contribution in [0.15, 0.2) is 71.8 Å². The Labute approximate surface area is 147 Å². The van der Waals surface area contributed by atoms with Crippen LogP contribution in [-0.2, 0) is 4.87 Å². The van der Waals surface area contributed by atoms with Crippen molar-refractivity contribution in [1.82, 2.24) is 5.32 Å². The number of thioether (sulfide) groups is 1. The molecule has 1 heterocycles. The molecule has 0 bridgehead atoms. The summed E-state index contributed by atoms with van der Waals surface area (Å²) in [5, 5.41) is 2.40. The molecule has 0 spiro atoms. The van der Waals surface area contributed by atoms with Crippen molar-refractivity contribution >= 4 is 23.5 Å². The van der Waals surface area contributed by atoms with Gasteiger partial charge < -0.3 is 5.32 Å². The van der Waals surface area contributed by atoms with Gasteiger partial charge in [-0.25, -0.2) is 4.79 Å². The van der Waals surface area contributed by atoms with Gasteiger partial charge in [0.15, 0.2) is 0 Å². The van der Waals surface area contributed by atoms with E-state index in [9.17, 15) is 18.0 Å². The first-order valence-electron chi connectivity index (χ1n) is 7.54. The molecule has 1 fully saturated rings. The molecule has 1 aliphatic rings. The summed E-state index contributed by atoms with van der Waals surface area (Å²) < 4.78 is 42.0. The topological polar surface area (TPSA) is 32.3 Å². The number of amides is 2. The van der Waals surface area contributed by atoms with Crippen LogP contribution in [0.2, 0.25) is 0 Å². The summed E-state index contributed by atoms with van der Waals surface area (Å²) in [5.74, 6) is 0. The van der Waals surface area contributed by atoms with Crippen LogP contribution in [0.5, 0.6) is 0 Å². The van der Waals surface area contributed by atoms with Crippen molar-refractivity contribution in [2.45, 2.75) is 18.0 Å². The number of anilines is 1. The van der Waals surface area contributed by atoms with E-state index in [1.165, 1.54) is 35.2 Å². The van der Waals surface area contributed by atoms with Gasteiger partial charge in [-0.2, -0.15) is 13.2 Å². The van der Waals surface area contributed by atoms with E-state index in [4.69, 9.17) is 0 Å². The highest BCUT2D eigenvalue weighted by Crippen LogP contribution is 2.53. The molecule has 0 aromatic heterocycles. The fourth-order valence-corrected chi connectivity index (χ4v) is 3.86. The first kappa shape index (κ1) is 17.4. The largest absolute Gasteiger partial charge is 0.425 e. The van der Waals surface area contributed by atoms with Gasteiger partial charge in [-0.3, -0.25) is 4.90 Å². The highest BCUT2D eigenvalue weighted by atomic mass is 32.2. The number of carbonyl (C=O) groups is 1. The molecular formula is C18H15F3N2OS. The minimum absolute atomic E-state index is 0.0205. The average molecular weight is 364 g/mol. The number of hydrogen-bond acceptors (Lipinski definition) is 2. The first-order valence-corrected chi connectivity index (χ1v) is 8.35. The maximum atomic E-state index is 14.0. The van der Waals surface area contributed by atoms with Crippen LogP contribution in [0.4, 0.5) is 23.7 Å². The van der Waals surface area contributed by atoms with E-state index in [1.807, 2.05) is 0 Å². The number of rotatable bonds is 2. The molecule has 2 amide bonds. The standard InChI is InChI=1S/C18H15F3N2OS/c1-2-15-23(14-11-7-4-8-12-14)16(24)22-17(25-15,18(19,20)21)13-9-5-3-6-10-13/h2-12H,1H3,(H,22,24)/b15-2+/t17-/m0/s1. The quantitative estimate of drug-likeness (QED) is 0.792. The van der Waals surface area contributed by atoms with Gasteiger partial charge in [0.1, 0.15) is 0 Å². The third-order valence-electron chi connectivity index (χ3n) is 3.80. The number of nitrogens with one attached hydrogen (secondary N) is 1. The lowest BCUT2D eigenvalue weighted by atomic mass is 10.1. The Hall–Kier alpha value is -2.41. The molecule has 7 heteroatoms. The molecule has 1 N–H and O–H groups in total. The van der Waals surface area contributed by atoms with Crippen molar-refractivity contribution in [1.29, 1.82) is 0 Å². The average Bonchev–Trinajstić information content (AvgIpc) is 2.61. The van der Waals surface area contributed by atoms with Crippen LogP contribution in [0, 0.1) is 0 Å². The predicted octanol–water partition coefficient (Wildman–Crippen LogP) is 5.23. The van der Waals surface area contributed by atoms with Gasteiger partial charge in [-0.15, -0.1) is 0 Å². The molecule has 3 rings (SSSR count). The van der Waals surface area contributed by atoms with E-state index in [-0.39, 0.29) is 10.6 Å². The van der Waals surface area contributed by atoms with Gasteiger partial charge in [-0.1, -0.05) is 66.4 Å². The number of carbonyl (C=O) groups excluding carboxylic acids is 1. The van der Waals surface area contributed by atoms with Crippen molar-refractivity contribution in [3.63, 3.8) is 0 Å². The highest BCUT2D eigenvalue weighted by Gasteiger charge is 2.61. The van der Waals surface area contributed by atoms with E-state index in [0.29, 0.717) is 17.4 Å². The Morgan fingerprint density at radius 1 is 1.04 bits per heavy atom. The maximum absolute atomic E-state index is 14.0. The number of nitrogens with zero attached hydrogens (tertiary/aromatic N) is 1. The number of allylic oxidation sites excluding steroid dienone is 1. The summed E-state index contributed by atoms with van der Waals surface area (Å²) in [4.78, 5) is 11.4. The van der Waals surface area contributed by atoms with Gasteiger partial charge in [-0.05, 0) is 24.6 Å². The van der Waals surface area contributed by atoms with Gasteiger partial charge in [0.25, 0.3) is 0 Å². The Morgan fingerprint density at radius 3 is 2.12 bits per heavy atom. The van der Waals surface area contributed by atoms with E-state index in [1.54, 1.807) is 43.3 Å². The van der Waals surface area contributed by atoms with E-state index >= 15 is 0 Å². The van der Waals surface area contributed by atoms with E-state index in [2.05, 4.69) is 5.32 Å². The lowest BCUT2D eigenvalue weighted by Crippen LogP contribution is -2.60. The number of halogens is 3. The zero-order valence-corrected chi connectivity index (χ0v) is 14.1. The Kier molecular flexibility index (Phi) is 4.51. The molecule has 0 radical (unpaired) electrons. The van der Waals surface area contributed by atoms with Crippen LogP contribution < -0.4 is 10.2 Å². The Balaban J connectivity index is 2.10. The molecule has 25 heavy (non-hydrogen) atoms. The number of para-hydroxylation sites is 1. The Morgan fingerprint density at radius 2 is 1.60 bits per heavy atom. The fourth-order valence-electron chi connectivity index (χ4n) is 2.64. The van der Waals surface area contributed by atoms with Crippen LogP contribution >= 0.6 is 11.8 Å². The van der Waals surface area contributed by atoms with Crippen molar-refractivity contribution in [2.75, 3.05) is 4.90 Å². The van der Waals surface area contributed by atoms with E-state index < -0.39 is 17.1 Å². The number of urea groups is 1. The lowest BCUT2D eigenvalue weighted by Gasteiger charge is -2.44. The van der Waals surface area contributed by atoms with Crippen LogP contribution in [0.25, 0.3) is 0 Å². The van der Waals surface area contributed by atoms with Crippen LogP contribution in [0.1, 0.15) is 12.5 Å². The van der Waals surface area contributed by atoms with Crippen molar-refractivity contribution in [3.05, 3.63) is 77.3 Å². The molecule has 1 aliphatic heterocycles. The summed E-state index contributed by atoms with van der Waals surface area (Å²) in [6, 6.07) is 15.2. The second-order valence-corrected chi connectivity index (χ2v) is 6.61. The summed E-state index contributed by atoms with van der Waals surface area (Å²) in [5.41, 5.74) is 0.484. The number of alkyl halides is 3. The lowest BCUT2D eigenvalue weighted by molar-refractivity contribution is -0.167. The van der Waals surface area contributed by atoms with Crippen molar-refractivity contribution < 1.29 is 18.0 Å². The fraction of sp³-hybridized carbons (Fsp3) is 0.167. The van der Waals surface area contributed by atoms with Gasteiger partial charge in [0.05, 0.1) is 10.7 Å². The van der Waals surface area contributed by atoms with Crippen LogP contribution in [-0.4, -0.2) is 12.2 Å². The molecule has 2 aromatic rings. The minimum Gasteiger partial charge on any atom is -0.311 e. The molecule has 1 saturated heterocycles. The second kappa shape index (κ2) is 6.48. The SMILES string of the molecule is C/C=C1/S[C@@](c2ccccc2)(C(F)(F)F)NC(=O)N1c1ccccc1. The molecule has 0 saturated carbocycles. The van der Waals surface area contributed by atoms with Gasteiger partial charge >= 0.3 is 12.2 Å². The highest BCUT2D eigenvalue weighted by molar-refractivity contribution is 8.04. The van der Waals surface area contributed by atoms with Gasteiger partial charge in [0.2, 0.25) is 4.87 Å². The summed E-state index contributed by atoms with van der Waals surface area (Å²) >= 11 is 0.576. The monoisotopic (exact) mass is 364 g/mol. The summed E-state index contributed by atoms with van der Waals surface area (Å²) in [6.45, 7) is 1.61. The molecular weight excluding hydrogens is 349 g/mol. The maximum Gasteiger partial charge on any atom is 0.425 e. The predicted molar refractivity (Wildman–Crippen MR) is 93.0 cm³/mol. The smallest absolute Gasteiger partial charge is 0.311 e. The Bertz CT molecular complexity index is 793. The molecule has 3 nitrogen and oxygen atoms in total. The molecule has 0 unspecified atom stereocenters. The molecule has 0 aliphatic carbocycles. The van der Waals surface area contributed by atoms with Crippen LogP contribution in [0.3, 0.4) is 0 Å². The normalized spacial score (nSPS) is 22.8. The third-order valence-corrected chi connectivity index (χ3v) is 5.31. The zero-order chi connectivity index (χ0) is 18.1. The first-order chi connectivity index (χ1) is 11.9. The zero-order valence-electron chi connectivity index (χ0n) is 13.2. The van der Waals surface area contributed by atoms with E-state index in [0.717, 1.165) is 0 Å². The number of hydrogen-bond donors (Lipinski definition) is 1.